The van der Waals surface area contributed by atoms with Gasteiger partial charge in [0, 0.05) is 23.2 Å². The van der Waals surface area contributed by atoms with Crippen LogP contribution >= 0.6 is 11.3 Å². The average molecular weight is 366 g/mol. The molecule has 3 rings (SSSR count). The number of hydrogen-bond donors (Lipinski definition) is 1. The first-order valence-corrected chi connectivity index (χ1v) is 9.53. The molecule has 2 aromatic carbocycles. The first kappa shape index (κ1) is 18.1. The molecule has 2 amide bonds. The highest BCUT2D eigenvalue weighted by Crippen LogP contribution is 2.28. The van der Waals surface area contributed by atoms with Crippen molar-refractivity contribution in [2.24, 2.45) is 0 Å². The Balaban J connectivity index is 1.80. The molecule has 1 N–H and O–H groups in total. The Bertz CT molecular complexity index is 895. The van der Waals surface area contributed by atoms with Crippen molar-refractivity contribution in [2.75, 3.05) is 16.8 Å². The van der Waals surface area contributed by atoms with Crippen LogP contribution in [0.5, 0.6) is 0 Å². The Kier molecular flexibility index (Phi) is 5.38. The van der Waals surface area contributed by atoms with Crippen molar-refractivity contribution in [2.45, 2.75) is 27.7 Å². The summed E-state index contributed by atoms with van der Waals surface area (Å²) in [5.41, 5.74) is 6.22. The van der Waals surface area contributed by atoms with Gasteiger partial charge < -0.3 is 5.32 Å². The second kappa shape index (κ2) is 7.70. The van der Waals surface area contributed by atoms with E-state index < -0.39 is 0 Å². The lowest BCUT2D eigenvalue weighted by Gasteiger charge is -2.19. The molecule has 5 heteroatoms. The van der Waals surface area contributed by atoms with E-state index in [1.54, 1.807) is 4.90 Å². The van der Waals surface area contributed by atoms with Crippen LogP contribution in [0.2, 0.25) is 0 Å². The van der Waals surface area contributed by atoms with Gasteiger partial charge in [0.1, 0.15) is 0 Å². The lowest BCUT2D eigenvalue weighted by molar-refractivity contribution is 0.257. The maximum atomic E-state index is 12.7. The average Bonchev–Trinajstić information content (AvgIpc) is 3.05. The number of aryl methyl sites for hydroxylation is 3. The van der Waals surface area contributed by atoms with Gasteiger partial charge in [0.05, 0.1) is 5.69 Å². The minimum Gasteiger partial charge on any atom is -0.307 e. The maximum absolute atomic E-state index is 12.7. The van der Waals surface area contributed by atoms with E-state index in [9.17, 15) is 4.79 Å². The summed E-state index contributed by atoms with van der Waals surface area (Å²) in [6, 6.07) is 14.1. The SMILES string of the molecule is CCN(C(=O)Nc1cc(C)cc(C)c1)c1nc(-c2ccc(C)cc2)cs1. The summed E-state index contributed by atoms with van der Waals surface area (Å²) in [6.07, 6.45) is 0. The summed E-state index contributed by atoms with van der Waals surface area (Å²) in [7, 11) is 0. The van der Waals surface area contributed by atoms with Crippen LogP contribution in [0.4, 0.5) is 15.6 Å². The van der Waals surface area contributed by atoms with E-state index in [0.29, 0.717) is 11.7 Å². The van der Waals surface area contributed by atoms with Gasteiger partial charge in [-0.15, -0.1) is 11.3 Å². The number of hydrogen-bond acceptors (Lipinski definition) is 3. The van der Waals surface area contributed by atoms with Crippen LogP contribution in [0.15, 0.2) is 47.8 Å². The predicted octanol–water partition coefficient (Wildman–Crippen LogP) is 5.79. The van der Waals surface area contributed by atoms with E-state index in [-0.39, 0.29) is 6.03 Å². The molecule has 0 aliphatic carbocycles. The van der Waals surface area contributed by atoms with Gasteiger partial charge in [-0.05, 0) is 51.0 Å². The second-order valence-corrected chi connectivity index (χ2v) is 7.27. The molecule has 0 aliphatic rings. The van der Waals surface area contributed by atoms with E-state index in [2.05, 4.69) is 47.6 Å². The molecule has 134 valence electrons. The lowest BCUT2D eigenvalue weighted by Crippen LogP contribution is -2.34. The second-order valence-electron chi connectivity index (χ2n) is 6.43. The molecule has 0 saturated heterocycles. The van der Waals surface area contributed by atoms with Crippen molar-refractivity contribution >= 4 is 28.2 Å². The molecule has 0 spiro atoms. The van der Waals surface area contributed by atoms with Crippen LogP contribution in [0.1, 0.15) is 23.6 Å². The molecular formula is C21H23N3OS. The largest absolute Gasteiger partial charge is 0.328 e. The van der Waals surface area contributed by atoms with Crippen molar-refractivity contribution in [1.29, 1.82) is 0 Å². The van der Waals surface area contributed by atoms with E-state index in [1.165, 1.54) is 16.9 Å². The summed E-state index contributed by atoms with van der Waals surface area (Å²) >= 11 is 1.48. The number of anilines is 2. The maximum Gasteiger partial charge on any atom is 0.328 e. The Morgan fingerprint density at radius 1 is 1.04 bits per heavy atom. The fourth-order valence-corrected chi connectivity index (χ4v) is 3.74. The van der Waals surface area contributed by atoms with Crippen molar-refractivity contribution in [3.8, 4) is 11.3 Å². The van der Waals surface area contributed by atoms with Gasteiger partial charge >= 0.3 is 6.03 Å². The minimum absolute atomic E-state index is 0.165. The third kappa shape index (κ3) is 4.11. The number of urea groups is 1. The van der Waals surface area contributed by atoms with Crippen LogP contribution in [0.25, 0.3) is 11.3 Å². The zero-order valence-corrected chi connectivity index (χ0v) is 16.4. The highest BCUT2D eigenvalue weighted by molar-refractivity contribution is 7.14. The van der Waals surface area contributed by atoms with E-state index in [1.807, 2.05) is 38.3 Å². The van der Waals surface area contributed by atoms with Gasteiger partial charge in [-0.2, -0.15) is 0 Å². The molecular weight excluding hydrogens is 342 g/mol. The first-order valence-electron chi connectivity index (χ1n) is 8.65. The molecule has 0 unspecified atom stereocenters. The number of carbonyl (C=O) groups is 1. The smallest absolute Gasteiger partial charge is 0.307 e. The van der Waals surface area contributed by atoms with Gasteiger partial charge in [0.25, 0.3) is 0 Å². The van der Waals surface area contributed by atoms with Gasteiger partial charge in [0.2, 0.25) is 0 Å². The van der Waals surface area contributed by atoms with Gasteiger partial charge in [-0.1, -0.05) is 35.9 Å². The molecule has 0 radical (unpaired) electrons. The fourth-order valence-electron chi connectivity index (χ4n) is 2.85. The number of rotatable bonds is 4. The minimum atomic E-state index is -0.165. The quantitative estimate of drug-likeness (QED) is 0.635. The summed E-state index contributed by atoms with van der Waals surface area (Å²) < 4.78 is 0. The Morgan fingerprint density at radius 3 is 2.31 bits per heavy atom. The number of nitrogens with zero attached hydrogens (tertiary/aromatic N) is 2. The van der Waals surface area contributed by atoms with Crippen molar-refractivity contribution in [3.05, 3.63) is 64.5 Å². The van der Waals surface area contributed by atoms with Crippen LogP contribution < -0.4 is 10.2 Å². The zero-order valence-electron chi connectivity index (χ0n) is 15.5. The standard InChI is InChI=1S/C21H23N3OS/c1-5-24(20(25)22-18-11-15(3)10-16(4)12-18)21-23-19(13-26-21)17-8-6-14(2)7-9-17/h6-13H,5H2,1-4H3,(H,22,25). The number of carbonyl (C=O) groups excluding carboxylic acids is 1. The molecule has 1 aromatic heterocycles. The summed E-state index contributed by atoms with van der Waals surface area (Å²) in [5, 5.41) is 5.68. The number of thiazole rings is 1. The molecule has 1 heterocycles. The number of aromatic nitrogens is 1. The molecule has 3 aromatic rings. The molecule has 0 saturated carbocycles. The van der Waals surface area contributed by atoms with Gasteiger partial charge in [-0.25, -0.2) is 9.78 Å². The lowest BCUT2D eigenvalue weighted by atomic mass is 10.1. The molecule has 26 heavy (non-hydrogen) atoms. The third-order valence-corrected chi connectivity index (χ3v) is 4.97. The predicted molar refractivity (Wildman–Crippen MR) is 110 cm³/mol. The monoisotopic (exact) mass is 365 g/mol. The van der Waals surface area contributed by atoms with E-state index in [0.717, 1.165) is 28.1 Å². The number of nitrogens with one attached hydrogen (secondary N) is 1. The first-order chi connectivity index (χ1) is 12.5. The Morgan fingerprint density at radius 2 is 1.69 bits per heavy atom. The van der Waals surface area contributed by atoms with Crippen LogP contribution in [0, 0.1) is 20.8 Å². The third-order valence-electron chi connectivity index (χ3n) is 4.10. The molecule has 0 atom stereocenters. The highest BCUT2D eigenvalue weighted by atomic mass is 32.1. The topological polar surface area (TPSA) is 45.2 Å². The summed E-state index contributed by atoms with van der Waals surface area (Å²) in [5.74, 6) is 0. The summed E-state index contributed by atoms with van der Waals surface area (Å²) in [6.45, 7) is 8.61. The Hall–Kier alpha value is -2.66. The van der Waals surface area contributed by atoms with Crippen molar-refractivity contribution < 1.29 is 4.79 Å². The number of benzene rings is 2. The normalized spacial score (nSPS) is 10.6. The number of amides is 2. The van der Waals surface area contributed by atoms with Crippen LogP contribution in [-0.4, -0.2) is 17.6 Å². The molecule has 0 aliphatic heterocycles. The highest BCUT2D eigenvalue weighted by Gasteiger charge is 2.18. The van der Waals surface area contributed by atoms with E-state index >= 15 is 0 Å². The van der Waals surface area contributed by atoms with E-state index in [4.69, 9.17) is 0 Å². The summed E-state index contributed by atoms with van der Waals surface area (Å²) in [4.78, 5) is 19.1. The van der Waals surface area contributed by atoms with Crippen molar-refractivity contribution in [3.63, 3.8) is 0 Å². The molecule has 0 bridgehead atoms. The van der Waals surface area contributed by atoms with Crippen LogP contribution in [-0.2, 0) is 0 Å². The Labute approximate surface area is 158 Å². The van der Waals surface area contributed by atoms with Gasteiger partial charge in [-0.3, -0.25) is 4.90 Å². The zero-order chi connectivity index (χ0) is 18.7. The molecule has 0 fully saturated rings. The fraction of sp³-hybridized carbons (Fsp3) is 0.238. The van der Waals surface area contributed by atoms with Gasteiger partial charge in [0.15, 0.2) is 5.13 Å². The molecule has 4 nitrogen and oxygen atoms in total. The van der Waals surface area contributed by atoms with Crippen molar-refractivity contribution in [1.82, 2.24) is 4.98 Å². The van der Waals surface area contributed by atoms with Crippen LogP contribution in [0.3, 0.4) is 0 Å².